The summed E-state index contributed by atoms with van der Waals surface area (Å²) in [6.07, 6.45) is 1.29. The molecule has 3 rings (SSSR count). The smallest absolute Gasteiger partial charge is 0.343 e. The molecule has 34 heavy (non-hydrogen) atoms. The van der Waals surface area contributed by atoms with Crippen molar-refractivity contribution < 1.29 is 33.3 Å². The van der Waals surface area contributed by atoms with Gasteiger partial charge in [-0.3, -0.25) is 4.79 Å². The topological polar surface area (TPSA) is 118 Å². The molecule has 1 aromatic heterocycles. The number of nitrogens with zero attached hydrogens (tertiary/aromatic N) is 2. The molecule has 2 aromatic carbocycles. The summed E-state index contributed by atoms with van der Waals surface area (Å²) in [5, 5.41) is 6.86. The van der Waals surface area contributed by atoms with Crippen LogP contribution in [0.3, 0.4) is 0 Å². The first kappa shape index (κ1) is 24.3. The van der Waals surface area contributed by atoms with Crippen LogP contribution in [-0.4, -0.2) is 55.1 Å². The number of aromatic nitrogens is 2. The molecule has 10 nitrogen and oxygen atoms in total. The van der Waals surface area contributed by atoms with Gasteiger partial charge >= 0.3 is 11.9 Å². The number of carbonyl (C=O) groups is 3. The number of hydrogen-bond donors (Lipinski definition) is 1. The van der Waals surface area contributed by atoms with Crippen molar-refractivity contribution in [1.82, 2.24) is 9.78 Å². The Balaban J connectivity index is 1.75. The number of carbonyl (C=O) groups excluding carboxylic acids is 3. The number of ether oxygens (including phenoxy) is 4. The minimum absolute atomic E-state index is 0.0536. The van der Waals surface area contributed by atoms with E-state index in [1.165, 1.54) is 25.1 Å². The molecule has 0 bridgehead atoms. The summed E-state index contributed by atoms with van der Waals surface area (Å²) in [6, 6.07) is 13.1. The van der Waals surface area contributed by atoms with Crippen LogP contribution >= 0.6 is 0 Å². The van der Waals surface area contributed by atoms with Gasteiger partial charge in [-0.2, -0.15) is 5.10 Å². The maximum absolute atomic E-state index is 12.8. The van der Waals surface area contributed by atoms with Crippen molar-refractivity contribution in [3.63, 3.8) is 0 Å². The van der Waals surface area contributed by atoms with Gasteiger partial charge in [0.25, 0.3) is 5.91 Å². The highest BCUT2D eigenvalue weighted by molar-refractivity contribution is 6.07. The van der Waals surface area contributed by atoms with Crippen molar-refractivity contribution in [2.45, 2.75) is 13.5 Å². The van der Waals surface area contributed by atoms with E-state index in [-0.39, 0.29) is 31.1 Å². The van der Waals surface area contributed by atoms with E-state index in [9.17, 15) is 14.4 Å². The SMILES string of the molecule is CCOC(=O)c1cnn(CCOC(=O)c2cccc(OC)c2)c1NC(=O)c1cccc(OC)c1. The molecular weight excluding hydrogens is 442 g/mol. The fraction of sp³-hybridized carbons (Fsp3) is 0.250. The summed E-state index contributed by atoms with van der Waals surface area (Å²) in [4.78, 5) is 37.6. The van der Waals surface area contributed by atoms with Gasteiger partial charge in [-0.25, -0.2) is 14.3 Å². The molecule has 1 N–H and O–H groups in total. The van der Waals surface area contributed by atoms with Crippen molar-refractivity contribution in [3.05, 3.63) is 71.4 Å². The summed E-state index contributed by atoms with van der Waals surface area (Å²) in [7, 11) is 3.00. The highest BCUT2D eigenvalue weighted by atomic mass is 16.5. The van der Waals surface area contributed by atoms with Crippen molar-refractivity contribution in [2.75, 3.05) is 32.8 Å². The third-order valence-electron chi connectivity index (χ3n) is 4.74. The highest BCUT2D eigenvalue weighted by Gasteiger charge is 2.22. The summed E-state index contributed by atoms with van der Waals surface area (Å²) < 4.78 is 22.0. The molecule has 1 amide bonds. The number of hydrogen-bond acceptors (Lipinski definition) is 8. The van der Waals surface area contributed by atoms with Crippen LogP contribution in [0.4, 0.5) is 5.82 Å². The Hall–Kier alpha value is -4.34. The quantitative estimate of drug-likeness (QED) is 0.452. The molecule has 1 heterocycles. The second kappa shape index (κ2) is 11.5. The maximum Gasteiger partial charge on any atom is 0.343 e. The number of methoxy groups -OCH3 is 2. The number of amides is 1. The van der Waals surface area contributed by atoms with Gasteiger partial charge in [0.05, 0.1) is 39.1 Å². The third kappa shape index (κ3) is 5.91. The molecule has 0 aliphatic heterocycles. The van der Waals surface area contributed by atoms with Crippen LogP contribution in [0.5, 0.6) is 11.5 Å². The van der Waals surface area contributed by atoms with Crippen molar-refractivity contribution in [1.29, 1.82) is 0 Å². The van der Waals surface area contributed by atoms with E-state index in [1.807, 2.05) is 0 Å². The Kier molecular flexibility index (Phi) is 8.22. The lowest BCUT2D eigenvalue weighted by molar-refractivity contribution is 0.0483. The molecular formula is C24H25N3O7. The lowest BCUT2D eigenvalue weighted by Crippen LogP contribution is -2.20. The molecule has 0 atom stereocenters. The summed E-state index contributed by atoms with van der Waals surface area (Å²) >= 11 is 0. The lowest BCUT2D eigenvalue weighted by Gasteiger charge is -2.12. The largest absolute Gasteiger partial charge is 0.497 e. The summed E-state index contributed by atoms with van der Waals surface area (Å²) in [6.45, 7) is 1.87. The highest BCUT2D eigenvalue weighted by Crippen LogP contribution is 2.20. The maximum atomic E-state index is 12.8. The molecule has 3 aromatic rings. The molecule has 0 aliphatic rings. The molecule has 0 saturated heterocycles. The summed E-state index contributed by atoms with van der Waals surface area (Å²) in [5.74, 6) is -0.482. The third-order valence-corrected chi connectivity index (χ3v) is 4.74. The van der Waals surface area contributed by atoms with Crippen LogP contribution in [0.1, 0.15) is 38.0 Å². The van der Waals surface area contributed by atoms with Crippen LogP contribution in [0.2, 0.25) is 0 Å². The summed E-state index contributed by atoms with van der Waals surface area (Å²) in [5.41, 5.74) is 0.738. The van der Waals surface area contributed by atoms with E-state index in [4.69, 9.17) is 18.9 Å². The van der Waals surface area contributed by atoms with Crippen LogP contribution in [0, 0.1) is 0 Å². The standard InChI is InChI=1S/C24H25N3O7/c1-4-33-24(30)20-15-25-27(11-12-34-23(29)17-8-6-10-19(14-17)32-3)21(20)26-22(28)16-7-5-9-18(13-16)31-2/h5-10,13-15H,4,11-12H2,1-3H3,(H,26,28). The fourth-order valence-electron chi connectivity index (χ4n) is 3.05. The average molecular weight is 467 g/mol. The van der Waals surface area contributed by atoms with Crippen LogP contribution in [-0.2, 0) is 16.0 Å². The molecule has 0 spiro atoms. The monoisotopic (exact) mass is 467 g/mol. The Morgan fingerprint density at radius 1 is 0.912 bits per heavy atom. The predicted molar refractivity (Wildman–Crippen MR) is 122 cm³/mol. The Morgan fingerprint density at radius 2 is 1.56 bits per heavy atom. The van der Waals surface area contributed by atoms with E-state index in [0.717, 1.165) is 0 Å². The molecule has 0 unspecified atom stereocenters. The van der Waals surface area contributed by atoms with Gasteiger partial charge in [-0.1, -0.05) is 12.1 Å². The number of benzene rings is 2. The number of nitrogens with one attached hydrogen (secondary N) is 1. The Bertz CT molecular complexity index is 1170. The van der Waals surface area contributed by atoms with E-state index < -0.39 is 17.8 Å². The van der Waals surface area contributed by atoms with Gasteiger partial charge in [-0.15, -0.1) is 0 Å². The molecule has 0 radical (unpaired) electrons. The minimum Gasteiger partial charge on any atom is -0.497 e. The van der Waals surface area contributed by atoms with Crippen molar-refractivity contribution in [3.8, 4) is 11.5 Å². The first-order valence-corrected chi connectivity index (χ1v) is 10.5. The van der Waals surface area contributed by atoms with Gasteiger partial charge in [0.1, 0.15) is 29.5 Å². The van der Waals surface area contributed by atoms with Crippen LogP contribution < -0.4 is 14.8 Å². The number of anilines is 1. The predicted octanol–water partition coefficient (Wildman–Crippen LogP) is 3.19. The average Bonchev–Trinajstić information content (AvgIpc) is 3.26. The molecule has 0 aliphatic carbocycles. The van der Waals surface area contributed by atoms with Gasteiger partial charge in [-0.05, 0) is 43.3 Å². The van der Waals surface area contributed by atoms with E-state index >= 15 is 0 Å². The van der Waals surface area contributed by atoms with Crippen molar-refractivity contribution >= 4 is 23.7 Å². The fourth-order valence-corrected chi connectivity index (χ4v) is 3.05. The number of esters is 2. The molecule has 0 fully saturated rings. The Labute approximate surface area is 196 Å². The minimum atomic E-state index is -0.636. The van der Waals surface area contributed by atoms with E-state index in [2.05, 4.69) is 10.4 Å². The van der Waals surface area contributed by atoms with Gasteiger partial charge in [0, 0.05) is 5.56 Å². The molecule has 10 heteroatoms. The zero-order chi connectivity index (χ0) is 24.5. The Morgan fingerprint density at radius 3 is 2.21 bits per heavy atom. The zero-order valence-electron chi connectivity index (χ0n) is 19.1. The second-order valence-corrected chi connectivity index (χ2v) is 6.90. The second-order valence-electron chi connectivity index (χ2n) is 6.90. The van der Waals surface area contributed by atoms with E-state index in [0.29, 0.717) is 22.6 Å². The molecule has 178 valence electrons. The van der Waals surface area contributed by atoms with Crippen LogP contribution in [0.25, 0.3) is 0 Å². The normalized spacial score (nSPS) is 10.3. The van der Waals surface area contributed by atoms with Gasteiger partial charge in [0.2, 0.25) is 0 Å². The zero-order valence-corrected chi connectivity index (χ0v) is 19.1. The van der Waals surface area contributed by atoms with Crippen LogP contribution in [0.15, 0.2) is 54.7 Å². The van der Waals surface area contributed by atoms with Gasteiger partial charge < -0.3 is 24.3 Å². The van der Waals surface area contributed by atoms with Gasteiger partial charge in [0.15, 0.2) is 0 Å². The first-order chi connectivity index (χ1) is 16.5. The lowest BCUT2D eigenvalue weighted by atomic mass is 10.2. The van der Waals surface area contributed by atoms with E-state index in [1.54, 1.807) is 55.5 Å². The number of rotatable bonds is 10. The molecule has 0 saturated carbocycles. The van der Waals surface area contributed by atoms with Crippen molar-refractivity contribution in [2.24, 2.45) is 0 Å². The first-order valence-electron chi connectivity index (χ1n) is 10.5.